The van der Waals surface area contributed by atoms with Gasteiger partial charge in [-0.2, -0.15) is 5.10 Å². The van der Waals surface area contributed by atoms with E-state index in [1.54, 1.807) is 24.8 Å². The van der Waals surface area contributed by atoms with Crippen molar-refractivity contribution in [3.63, 3.8) is 0 Å². The van der Waals surface area contributed by atoms with Gasteiger partial charge in [0.15, 0.2) is 11.6 Å². The number of benzene rings is 1. The monoisotopic (exact) mass is 587 g/mol. The van der Waals surface area contributed by atoms with Gasteiger partial charge in [0.25, 0.3) is 0 Å². The standard InChI is InChI=1S/C33H42FN7O2/c1-23(2)41-27(8-14-37-41)26-17-25(34)3-4-28(26)43-29-18-35-22-36-31(29)40-20-32(21-40)12-15-39(16-13-32)19-24-5-9-33(10-6-24)11-7-30(42)38-33/h3-4,8,14,17-18,22-24H,5-7,9-13,15-16,19-21H2,1-2H3,(H,38,42)/t24-,33-. The fraction of sp³-hybridized carbons (Fsp3) is 0.576. The molecule has 0 bridgehead atoms. The first-order chi connectivity index (χ1) is 20.8. The van der Waals surface area contributed by atoms with E-state index in [1.807, 2.05) is 24.6 Å². The zero-order chi connectivity index (χ0) is 29.6. The van der Waals surface area contributed by atoms with Crippen molar-refractivity contribution in [2.75, 3.05) is 37.6 Å². The van der Waals surface area contributed by atoms with Crippen LogP contribution in [-0.4, -0.2) is 68.8 Å². The quantitative estimate of drug-likeness (QED) is 0.385. The average molecular weight is 588 g/mol. The summed E-state index contributed by atoms with van der Waals surface area (Å²) in [5, 5.41) is 7.71. The lowest BCUT2D eigenvalue weighted by Gasteiger charge is -2.55. The van der Waals surface area contributed by atoms with Crippen molar-refractivity contribution in [1.82, 2.24) is 30.0 Å². The van der Waals surface area contributed by atoms with Gasteiger partial charge in [0.05, 0.1) is 11.9 Å². The molecule has 3 saturated heterocycles. The third kappa shape index (κ3) is 5.61. The van der Waals surface area contributed by atoms with Crippen LogP contribution >= 0.6 is 0 Å². The van der Waals surface area contributed by atoms with Crippen molar-refractivity contribution in [2.45, 2.75) is 76.8 Å². The molecule has 3 aromatic rings. The van der Waals surface area contributed by atoms with E-state index in [1.165, 1.54) is 44.4 Å². The summed E-state index contributed by atoms with van der Waals surface area (Å²) in [5.41, 5.74) is 1.87. The molecule has 2 aromatic heterocycles. The van der Waals surface area contributed by atoms with Gasteiger partial charge in [-0.3, -0.25) is 9.48 Å². The summed E-state index contributed by atoms with van der Waals surface area (Å²) in [7, 11) is 0. The van der Waals surface area contributed by atoms with E-state index in [2.05, 4.69) is 30.2 Å². The van der Waals surface area contributed by atoms with Crippen LogP contribution in [0.5, 0.6) is 11.5 Å². The molecule has 228 valence electrons. The van der Waals surface area contributed by atoms with Crippen molar-refractivity contribution in [1.29, 1.82) is 0 Å². The lowest BCUT2D eigenvalue weighted by atomic mass is 9.71. The van der Waals surface area contributed by atoms with E-state index < -0.39 is 0 Å². The minimum atomic E-state index is -0.325. The number of amides is 1. The first kappa shape index (κ1) is 28.3. The maximum Gasteiger partial charge on any atom is 0.220 e. The van der Waals surface area contributed by atoms with Crippen molar-refractivity contribution < 1.29 is 13.9 Å². The molecule has 5 heterocycles. The van der Waals surface area contributed by atoms with Crippen LogP contribution in [0.15, 0.2) is 43.0 Å². The molecular weight excluding hydrogens is 545 g/mol. The number of ether oxygens (including phenoxy) is 1. The summed E-state index contributed by atoms with van der Waals surface area (Å²) >= 11 is 0. The third-order valence-corrected chi connectivity index (χ3v) is 10.3. The lowest BCUT2D eigenvalue weighted by molar-refractivity contribution is -0.120. The minimum absolute atomic E-state index is 0.105. The molecule has 7 rings (SSSR count). The number of nitrogens with zero attached hydrogens (tertiary/aromatic N) is 6. The first-order valence-electron chi connectivity index (χ1n) is 15.9. The molecule has 0 radical (unpaired) electrons. The fourth-order valence-corrected chi connectivity index (χ4v) is 7.83. The number of halogens is 1. The summed E-state index contributed by atoms with van der Waals surface area (Å²) < 4.78 is 22.7. The predicted molar refractivity (Wildman–Crippen MR) is 162 cm³/mol. The first-order valence-corrected chi connectivity index (χ1v) is 15.9. The largest absolute Gasteiger partial charge is 0.451 e. The van der Waals surface area contributed by atoms with Crippen molar-refractivity contribution in [2.24, 2.45) is 11.3 Å². The Morgan fingerprint density at radius 1 is 1.07 bits per heavy atom. The molecule has 4 aliphatic rings. The molecule has 1 aliphatic carbocycles. The highest BCUT2D eigenvalue weighted by Crippen LogP contribution is 2.46. The third-order valence-electron chi connectivity index (χ3n) is 10.3. The molecule has 2 spiro atoms. The maximum atomic E-state index is 14.4. The number of carbonyl (C=O) groups is 1. The summed E-state index contributed by atoms with van der Waals surface area (Å²) in [6, 6.07) is 6.59. The Morgan fingerprint density at radius 2 is 1.86 bits per heavy atom. The van der Waals surface area contributed by atoms with E-state index >= 15 is 0 Å². The molecule has 10 heteroatoms. The number of carbonyl (C=O) groups excluding carboxylic acids is 1. The van der Waals surface area contributed by atoms with Gasteiger partial charge >= 0.3 is 0 Å². The normalized spacial score (nSPS) is 25.3. The Balaban J connectivity index is 0.969. The van der Waals surface area contributed by atoms with Crippen LogP contribution in [0, 0.1) is 17.2 Å². The van der Waals surface area contributed by atoms with E-state index in [9.17, 15) is 9.18 Å². The van der Waals surface area contributed by atoms with Gasteiger partial charge in [0.2, 0.25) is 5.91 Å². The van der Waals surface area contributed by atoms with Crippen molar-refractivity contribution >= 4 is 11.7 Å². The topological polar surface area (TPSA) is 88.4 Å². The molecule has 0 unspecified atom stereocenters. The lowest BCUT2D eigenvalue weighted by Crippen LogP contribution is -2.61. The van der Waals surface area contributed by atoms with E-state index in [0.717, 1.165) is 62.9 Å². The zero-order valence-electron chi connectivity index (χ0n) is 25.3. The van der Waals surface area contributed by atoms with E-state index in [0.29, 0.717) is 28.9 Å². The van der Waals surface area contributed by atoms with Gasteiger partial charge in [0.1, 0.15) is 17.9 Å². The minimum Gasteiger partial charge on any atom is -0.451 e. The smallest absolute Gasteiger partial charge is 0.220 e. The average Bonchev–Trinajstić information content (AvgIpc) is 3.62. The second kappa shape index (κ2) is 11.2. The molecular formula is C33H42FN7O2. The van der Waals surface area contributed by atoms with Gasteiger partial charge in [-0.1, -0.05) is 0 Å². The second-order valence-electron chi connectivity index (χ2n) is 13.6. The molecule has 1 aromatic carbocycles. The van der Waals surface area contributed by atoms with E-state index in [4.69, 9.17) is 4.74 Å². The van der Waals surface area contributed by atoms with E-state index in [-0.39, 0.29) is 23.3 Å². The number of anilines is 1. The van der Waals surface area contributed by atoms with Crippen LogP contribution < -0.4 is 15.0 Å². The predicted octanol–water partition coefficient (Wildman–Crippen LogP) is 5.59. The number of nitrogens with one attached hydrogen (secondary N) is 1. The van der Waals surface area contributed by atoms with Crippen LogP contribution in [0.2, 0.25) is 0 Å². The maximum absolute atomic E-state index is 14.4. The zero-order valence-corrected chi connectivity index (χ0v) is 25.3. The van der Waals surface area contributed by atoms with Crippen LogP contribution in [0.4, 0.5) is 10.2 Å². The molecule has 9 nitrogen and oxygen atoms in total. The van der Waals surface area contributed by atoms with Crippen LogP contribution in [0.25, 0.3) is 11.3 Å². The summed E-state index contributed by atoms with van der Waals surface area (Å²) in [6.07, 6.45) is 13.8. The van der Waals surface area contributed by atoms with Gasteiger partial charge in [0, 0.05) is 54.8 Å². The fourth-order valence-electron chi connectivity index (χ4n) is 7.83. The Bertz CT molecular complexity index is 1470. The van der Waals surface area contributed by atoms with Gasteiger partial charge in [-0.25, -0.2) is 14.4 Å². The Morgan fingerprint density at radius 3 is 2.58 bits per heavy atom. The SMILES string of the molecule is CC(C)n1nccc1-c1cc(F)ccc1Oc1cncnc1N1CC2(CCN(C[C@H]3CC[C@@]4(CCC(=O)N4)CC3)CC2)C1. The molecule has 4 fully saturated rings. The summed E-state index contributed by atoms with van der Waals surface area (Å²) in [4.78, 5) is 25.6. The Hall–Kier alpha value is -3.53. The Labute approximate surface area is 252 Å². The Kier molecular flexibility index (Phi) is 7.35. The summed E-state index contributed by atoms with van der Waals surface area (Å²) in [6.45, 7) is 9.47. The number of likely N-dealkylation sites (tertiary alicyclic amines) is 1. The number of aromatic nitrogens is 4. The van der Waals surface area contributed by atoms with Gasteiger partial charge < -0.3 is 19.9 Å². The molecule has 1 N–H and O–H groups in total. The van der Waals surface area contributed by atoms with Crippen LogP contribution in [0.3, 0.4) is 0 Å². The second-order valence-corrected chi connectivity index (χ2v) is 13.6. The van der Waals surface area contributed by atoms with Crippen LogP contribution in [0.1, 0.15) is 71.3 Å². The number of rotatable bonds is 7. The van der Waals surface area contributed by atoms with Crippen LogP contribution in [-0.2, 0) is 4.79 Å². The van der Waals surface area contributed by atoms with Crippen molar-refractivity contribution in [3.05, 3.63) is 48.8 Å². The highest BCUT2D eigenvalue weighted by Gasteiger charge is 2.47. The van der Waals surface area contributed by atoms with Crippen molar-refractivity contribution in [3.8, 4) is 22.8 Å². The molecule has 43 heavy (non-hydrogen) atoms. The summed E-state index contributed by atoms with van der Waals surface area (Å²) in [5.74, 6) is 2.57. The number of hydrogen-bond acceptors (Lipinski definition) is 7. The number of piperidine rings is 1. The number of hydrogen-bond donors (Lipinski definition) is 1. The highest BCUT2D eigenvalue weighted by atomic mass is 19.1. The van der Waals surface area contributed by atoms with Gasteiger partial charge in [-0.05, 0) is 102 Å². The molecule has 1 amide bonds. The highest BCUT2D eigenvalue weighted by molar-refractivity contribution is 5.79. The molecule has 1 saturated carbocycles. The molecule has 0 atom stereocenters. The molecule has 3 aliphatic heterocycles. The van der Waals surface area contributed by atoms with Gasteiger partial charge in [-0.15, -0.1) is 0 Å².